The van der Waals surface area contributed by atoms with E-state index in [9.17, 15) is 9.59 Å². The van der Waals surface area contributed by atoms with Gasteiger partial charge in [0.05, 0.1) is 0 Å². The maximum absolute atomic E-state index is 11.7. The molecule has 1 aliphatic heterocycles. The molecule has 0 saturated carbocycles. The number of carbonyl (C=O) groups excluding carboxylic acids is 2. The van der Waals surface area contributed by atoms with E-state index < -0.39 is 6.03 Å². The van der Waals surface area contributed by atoms with Crippen LogP contribution < -0.4 is 5.32 Å². The van der Waals surface area contributed by atoms with Crippen LogP contribution >= 0.6 is 0 Å². The van der Waals surface area contributed by atoms with Gasteiger partial charge >= 0.3 is 6.03 Å². The molecular weight excluding hydrogens is 266 g/mol. The minimum Gasteiger partial charge on any atom is -0.308 e. The van der Waals surface area contributed by atoms with E-state index >= 15 is 0 Å². The van der Waals surface area contributed by atoms with Gasteiger partial charge in [0.15, 0.2) is 0 Å². The number of nitrogens with zero attached hydrogens (tertiary/aromatic N) is 1. The summed E-state index contributed by atoms with van der Waals surface area (Å²) in [5, 5.41) is 9.58. The molecule has 1 aromatic carbocycles. The molecule has 1 aromatic rings. The van der Waals surface area contributed by atoms with Crippen molar-refractivity contribution < 1.29 is 9.59 Å². The number of urea groups is 1. The van der Waals surface area contributed by atoms with Crippen molar-refractivity contribution in [2.75, 3.05) is 6.54 Å². The molecule has 1 saturated heterocycles. The molecule has 21 heavy (non-hydrogen) atoms. The van der Waals surface area contributed by atoms with Crippen molar-refractivity contribution in [3.8, 4) is 0 Å². The molecule has 1 fully saturated rings. The van der Waals surface area contributed by atoms with Crippen LogP contribution in [0, 0.1) is 5.41 Å². The van der Waals surface area contributed by atoms with Crippen molar-refractivity contribution in [1.82, 2.24) is 10.2 Å². The van der Waals surface area contributed by atoms with Crippen molar-refractivity contribution in [3.63, 3.8) is 0 Å². The predicted molar refractivity (Wildman–Crippen MR) is 84.2 cm³/mol. The first-order valence-electron chi connectivity index (χ1n) is 6.95. The third-order valence-electron chi connectivity index (χ3n) is 2.81. The predicted octanol–water partition coefficient (Wildman–Crippen LogP) is 3.01. The van der Waals surface area contributed by atoms with Crippen molar-refractivity contribution >= 4 is 23.8 Å². The maximum Gasteiger partial charge on any atom is 0.328 e. The highest BCUT2D eigenvalue weighted by Crippen LogP contribution is 2.22. The summed E-state index contributed by atoms with van der Waals surface area (Å²) in [6.45, 7) is 8.45. The lowest BCUT2D eigenvalue weighted by Crippen LogP contribution is -2.48. The zero-order valence-corrected chi connectivity index (χ0v) is 12.5. The van der Waals surface area contributed by atoms with E-state index in [0.717, 1.165) is 5.56 Å². The summed E-state index contributed by atoms with van der Waals surface area (Å²) in [4.78, 5) is 24.2. The van der Waals surface area contributed by atoms with Gasteiger partial charge in [-0.25, -0.2) is 4.79 Å². The summed E-state index contributed by atoms with van der Waals surface area (Å²) in [5.41, 5.74) is 1.91. The number of imide groups is 1. The van der Waals surface area contributed by atoms with Crippen LogP contribution in [0.2, 0.25) is 0 Å². The molecule has 112 valence electrons. The van der Waals surface area contributed by atoms with Crippen molar-refractivity contribution in [3.05, 3.63) is 42.0 Å². The van der Waals surface area contributed by atoms with Gasteiger partial charge in [-0.3, -0.25) is 15.0 Å². The quantitative estimate of drug-likeness (QED) is 0.839. The second kappa shape index (κ2) is 7.99. The van der Waals surface area contributed by atoms with Crippen LogP contribution in [0.4, 0.5) is 4.79 Å². The smallest absolute Gasteiger partial charge is 0.308 e. The number of nitrogens with one attached hydrogen (secondary N) is 2. The minimum atomic E-state index is -0.462. The summed E-state index contributed by atoms with van der Waals surface area (Å²) < 4.78 is 0. The summed E-state index contributed by atoms with van der Waals surface area (Å²) >= 11 is 0. The van der Waals surface area contributed by atoms with Crippen LogP contribution in [0.3, 0.4) is 0 Å². The third kappa shape index (κ3) is 4.27. The lowest BCUT2D eigenvalue weighted by atomic mass is 10.0. The average molecular weight is 287 g/mol. The second-order valence-electron chi connectivity index (χ2n) is 4.64. The molecule has 1 aliphatic rings. The minimum absolute atomic E-state index is 0.261. The number of hydrogen-bond donors (Lipinski definition) is 2. The normalized spacial score (nSPS) is 13.9. The van der Waals surface area contributed by atoms with Gasteiger partial charge in [0, 0.05) is 36.0 Å². The Labute approximate surface area is 125 Å². The molecule has 5 heteroatoms. The van der Waals surface area contributed by atoms with Crippen molar-refractivity contribution in [2.24, 2.45) is 0 Å². The average Bonchev–Trinajstić information content (AvgIpc) is 2.47. The standard InChI is InChI=1S/C13H13N3O2.C3H8/c1-9(11-5-3-2-4-10(11)8-14)16-7-6-12(17)15-13(16)18;1-3-2/h2-5,8,14H,1,6-7H2,(H,15,17,18);3H2,1-2H3. The molecule has 0 radical (unpaired) electrons. The Morgan fingerprint density at radius 2 is 2.00 bits per heavy atom. The van der Waals surface area contributed by atoms with E-state index in [4.69, 9.17) is 5.41 Å². The number of amides is 3. The molecule has 0 aromatic heterocycles. The van der Waals surface area contributed by atoms with Gasteiger partial charge in [-0.15, -0.1) is 0 Å². The van der Waals surface area contributed by atoms with Crippen LogP contribution in [-0.4, -0.2) is 29.6 Å². The maximum atomic E-state index is 11.7. The molecule has 0 bridgehead atoms. The fourth-order valence-corrected chi connectivity index (χ4v) is 1.85. The first-order chi connectivity index (χ1) is 10.0. The summed E-state index contributed by atoms with van der Waals surface area (Å²) in [6.07, 6.45) is 2.73. The van der Waals surface area contributed by atoms with Gasteiger partial charge in [0.1, 0.15) is 0 Å². The molecule has 0 aliphatic carbocycles. The molecule has 0 spiro atoms. The van der Waals surface area contributed by atoms with Crippen LogP contribution in [0.1, 0.15) is 37.8 Å². The van der Waals surface area contributed by atoms with Crippen LogP contribution in [0.15, 0.2) is 30.8 Å². The zero-order valence-electron chi connectivity index (χ0n) is 12.5. The second-order valence-corrected chi connectivity index (χ2v) is 4.64. The van der Waals surface area contributed by atoms with E-state index in [1.54, 1.807) is 12.1 Å². The van der Waals surface area contributed by atoms with Gasteiger partial charge in [-0.2, -0.15) is 0 Å². The summed E-state index contributed by atoms with van der Waals surface area (Å²) in [7, 11) is 0. The fourth-order valence-electron chi connectivity index (χ4n) is 1.85. The molecule has 1 heterocycles. The third-order valence-corrected chi connectivity index (χ3v) is 2.81. The summed E-state index contributed by atoms with van der Waals surface area (Å²) in [5.74, 6) is -0.274. The van der Waals surface area contributed by atoms with E-state index in [1.165, 1.54) is 17.5 Å². The van der Waals surface area contributed by atoms with Gasteiger partial charge < -0.3 is 5.41 Å². The Morgan fingerprint density at radius 1 is 1.38 bits per heavy atom. The van der Waals surface area contributed by atoms with Crippen molar-refractivity contribution in [1.29, 1.82) is 5.41 Å². The first-order valence-corrected chi connectivity index (χ1v) is 6.95. The van der Waals surface area contributed by atoms with Gasteiger partial charge in [0.25, 0.3) is 0 Å². The van der Waals surface area contributed by atoms with Gasteiger partial charge in [-0.1, -0.05) is 51.1 Å². The fraction of sp³-hybridized carbons (Fsp3) is 0.312. The monoisotopic (exact) mass is 287 g/mol. The highest BCUT2D eigenvalue weighted by atomic mass is 16.2. The van der Waals surface area contributed by atoms with Crippen LogP contribution in [0.5, 0.6) is 0 Å². The first kappa shape index (κ1) is 16.6. The number of benzene rings is 1. The van der Waals surface area contributed by atoms with E-state index in [0.29, 0.717) is 17.8 Å². The molecule has 3 amide bonds. The molecule has 0 unspecified atom stereocenters. The summed E-state index contributed by atoms with van der Waals surface area (Å²) in [6, 6.07) is 6.75. The Balaban J connectivity index is 0.000000677. The number of carbonyl (C=O) groups is 2. The molecule has 2 N–H and O–H groups in total. The van der Waals surface area contributed by atoms with E-state index in [1.807, 2.05) is 12.1 Å². The Hall–Kier alpha value is -2.43. The molecule has 5 nitrogen and oxygen atoms in total. The molecular formula is C16H21N3O2. The largest absolute Gasteiger partial charge is 0.328 e. The Kier molecular flexibility index (Phi) is 6.33. The topological polar surface area (TPSA) is 73.3 Å². The van der Waals surface area contributed by atoms with Gasteiger partial charge in [0.2, 0.25) is 5.91 Å². The lowest BCUT2D eigenvalue weighted by molar-refractivity contribution is -0.121. The van der Waals surface area contributed by atoms with E-state index in [-0.39, 0.29) is 12.3 Å². The highest BCUT2D eigenvalue weighted by molar-refractivity contribution is 6.01. The van der Waals surface area contributed by atoms with Crippen LogP contribution in [-0.2, 0) is 4.79 Å². The molecule has 2 rings (SSSR count). The number of hydrogen-bond acceptors (Lipinski definition) is 3. The van der Waals surface area contributed by atoms with Crippen LogP contribution in [0.25, 0.3) is 5.70 Å². The van der Waals surface area contributed by atoms with E-state index in [2.05, 4.69) is 25.7 Å². The lowest BCUT2D eigenvalue weighted by Gasteiger charge is -2.28. The van der Waals surface area contributed by atoms with Gasteiger partial charge in [-0.05, 0) is 0 Å². The highest BCUT2D eigenvalue weighted by Gasteiger charge is 2.25. The zero-order chi connectivity index (χ0) is 15.8. The molecule has 0 atom stereocenters. The Morgan fingerprint density at radius 3 is 2.57 bits per heavy atom. The Bertz CT molecular complexity index is 552. The van der Waals surface area contributed by atoms with Crippen molar-refractivity contribution in [2.45, 2.75) is 26.7 Å². The SMILES string of the molecule is C=C(c1ccccc1C=N)N1CCC(=O)NC1=O.CCC. The number of rotatable bonds is 3.